The van der Waals surface area contributed by atoms with E-state index in [0.717, 1.165) is 25.7 Å². The van der Waals surface area contributed by atoms with Crippen LogP contribution in [0.15, 0.2) is 30.3 Å². The maximum Gasteiger partial charge on any atom is 0.239 e. The van der Waals surface area contributed by atoms with Gasteiger partial charge in [0.2, 0.25) is 5.91 Å². The maximum atomic E-state index is 11.8. The highest BCUT2D eigenvalue weighted by molar-refractivity contribution is 5.85. The number of hydrogen-bond acceptors (Lipinski definition) is 2. The number of benzene rings is 1. The molecule has 1 fully saturated rings. The van der Waals surface area contributed by atoms with Gasteiger partial charge >= 0.3 is 0 Å². The van der Waals surface area contributed by atoms with Gasteiger partial charge in [0.15, 0.2) is 0 Å². The van der Waals surface area contributed by atoms with Crippen LogP contribution in [0.4, 0.5) is 0 Å². The van der Waals surface area contributed by atoms with Crippen LogP contribution in [-0.4, -0.2) is 17.5 Å². The Morgan fingerprint density at radius 3 is 2.26 bits per heavy atom. The SMILES string of the molecule is CC(C)(N)C(=O)NC1CCC(c2ccccc2)CC1. The van der Waals surface area contributed by atoms with Crippen LogP contribution in [0.25, 0.3) is 0 Å². The quantitative estimate of drug-likeness (QED) is 0.877. The van der Waals surface area contributed by atoms with Crippen LogP contribution in [0.2, 0.25) is 0 Å². The van der Waals surface area contributed by atoms with Crippen LogP contribution in [0.5, 0.6) is 0 Å². The lowest BCUT2D eigenvalue weighted by Crippen LogP contribution is -2.52. The second kappa shape index (κ2) is 5.74. The summed E-state index contributed by atoms with van der Waals surface area (Å²) in [4.78, 5) is 11.8. The van der Waals surface area contributed by atoms with Gasteiger partial charge < -0.3 is 11.1 Å². The molecular weight excluding hydrogens is 236 g/mol. The third-order valence-electron chi connectivity index (χ3n) is 3.92. The lowest BCUT2D eigenvalue weighted by molar-refractivity contribution is -0.126. The molecule has 0 radical (unpaired) electrons. The standard InChI is InChI=1S/C16H24N2O/c1-16(2,17)15(19)18-14-10-8-13(9-11-14)12-6-4-3-5-7-12/h3-7,13-14H,8-11,17H2,1-2H3,(H,18,19). The van der Waals surface area contributed by atoms with Crippen LogP contribution in [-0.2, 0) is 4.79 Å². The van der Waals surface area contributed by atoms with Gasteiger partial charge in [-0.05, 0) is 51.0 Å². The first-order valence-electron chi connectivity index (χ1n) is 7.11. The van der Waals surface area contributed by atoms with E-state index in [1.54, 1.807) is 13.8 Å². The molecule has 0 aromatic heterocycles. The molecule has 0 bridgehead atoms. The Balaban J connectivity index is 1.85. The average Bonchev–Trinajstić information content (AvgIpc) is 2.39. The van der Waals surface area contributed by atoms with Gasteiger partial charge in [0.05, 0.1) is 5.54 Å². The van der Waals surface area contributed by atoms with Gasteiger partial charge in [-0.15, -0.1) is 0 Å². The molecule has 0 unspecified atom stereocenters. The van der Waals surface area contributed by atoms with E-state index in [2.05, 4.69) is 35.6 Å². The number of hydrogen-bond donors (Lipinski definition) is 2. The molecule has 2 rings (SSSR count). The second-order valence-electron chi connectivity index (χ2n) is 6.15. The van der Waals surface area contributed by atoms with Crippen LogP contribution in [0.1, 0.15) is 51.0 Å². The summed E-state index contributed by atoms with van der Waals surface area (Å²) in [5.41, 5.74) is 6.44. The summed E-state index contributed by atoms with van der Waals surface area (Å²) >= 11 is 0. The largest absolute Gasteiger partial charge is 0.352 e. The molecule has 104 valence electrons. The minimum atomic E-state index is -0.781. The lowest BCUT2D eigenvalue weighted by Gasteiger charge is -2.31. The van der Waals surface area contributed by atoms with Crippen molar-refractivity contribution in [2.45, 2.75) is 57.0 Å². The first kappa shape index (κ1) is 14.1. The van der Waals surface area contributed by atoms with Crippen molar-refractivity contribution in [3.63, 3.8) is 0 Å². The summed E-state index contributed by atoms with van der Waals surface area (Å²) in [6, 6.07) is 10.9. The molecule has 0 aliphatic heterocycles. The molecule has 0 heterocycles. The Hall–Kier alpha value is -1.35. The summed E-state index contributed by atoms with van der Waals surface area (Å²) in [7, 11) is 0. The van der Waals surface area contributed by atoms with E-state index in [4.69, 9.17) is 5.73 Å². The number of amides is 1. The highest BCUT2D eigenvalue weighted by Crippen LogP contribution is 2.32. The Bertz CT molecular complexity index is 414. The summed E-state index contributed by atoms with van der Waals surface area (Å²) in [5.74, 6) is 0.593. The van der Waals surface area contributed by atoms with E-state index in [-0.39, 0.29) is 11.9 Å². The number of nitrogens with two attached hydrogens (primary N) is 1. The summed E-state index contributed by atoms with van der Waals surface area (Å²) in [6.07, 6.45) is 4.36. The molecule has 0 atom stereocenters. The Kier molecular flexibility index (Phi) is 4.25. The molecule has 1 aliphatic carbocycles. The zero-order valence-corrected chi connectivity index (χ0v) is 11.9. The molecule has 1 aromatic carbocycles. The van der Waals surface area contributed by atoms with Gasteiger partial charge in [-0.1, -0.05) is 30.3 Å². The van der Waals surface area contributed by atoms with Crippen molar-refractivity contribution in [2.24, 2.45) is 5.73 Å². The smallest absolute Gasteiger partial charge is 0.239 e. The van der Waals surface area contributed by atoms with Crippen LogP contribution >= 0.6 is 0 Å². The fraction of sp³-hybridized carbons (Fsp3) is 0.562. The number of carbonyl (C=O) groups is 1. The fourth-order valence-electron chi connectivity index (χ4n) is 2.67. The van der Waals surface area contributed by atoms with E-state index in [9.17, 15) is 4.79 Å². The first-order valence-corrected chi connectivity index (χ1v) is 7.11. The lowest BCUT2D eigenvalue weighted by atomic mass is 9.81. The van der Waals surface area contributed by atoms with Crippen LogP contribution < -0.4 is 11.1 Å². The topological polar surface area (TPSA) is 55.1 Å². The predicted molar refractivity (Wildman–Crippen MR) is 77.8 cm³/mol. The molecule has 0 saturated heterocycles. The number of rotatable bonds is 3. The van der Waals surface area contributed by atoms with Crippen molar-refractivity contribution in [2.75, 3.05) is 0 Å². The van der Waals surface area contributed by atoms with Crippen molar-refractivity contribution in [1.82, 2.24) is 5.32 Å². The third kappa shape index (κ3) is 3.80. The molecule has 1 saturated carbocycles. The van der Waals surface area contributed by atoms with E-state index in [1.807, 2.05) is 0 Å². The van der Waals surface area contributed by atoms with Crippen molar-refractivity contribution in [3.05, 3.63) is 35.9 Å². The zero-order chi connectivity index (χ0) is 13.9. The van der Waals surface area contributed by atoms with Gasteiger partial charge in [-0.3, -0.25) is 4.79 Å². The average molecular weight is 260 g/mol. The van der Waals surface area contributed by atoms with E-state index < -0.39 is 5.54 Å². The predicted octanol–water partition coefficient (Wildman–Crippen LogP) is 2.57. The Labute approximate surface area is 115 Å². The molecule has 3 N–H and O–H groups in total. The van der Waals surface area contributed by atoms with Gasteiger partial charge in [-0.2, -0.15) is 0 Å². The first-order chi connectivity index (χ1) is 8.97. The minimum absolute atomic E-state index is 0.0457. The molecule has 19 heavy (non-hydrogen) atoms. The van der Waals surface area contributed by atoms with Crippen molar-refractivity contribution >= 4 is 5.91 Å². The van der Waals surface area contributed by atoms with Crippen LogP contribution in [0.3, 0.4) is 0 Å². The Morgan fingerprint density at radius 1 is 1.16 bits per heavy atom. The molecule has 1 amide bonds. The van der Waals surface area contributed by atoms with Gasteiger partial charge in [0.1, 0.15) is 0 Å². The normalized spacial score (nSPS) is 23.9. The van der Waals surface area contributed by atoms with Gasteiger partial charge in [-0.25, -0.2) is 0 Å². The number of nitrogens with one attached hydrogen (secondary N) is 1. The third-order valence-corrected chi connectivity index (χ3v) is 3.92. The van der Waals surface area contributed by atoms with E-state index in [1.165, 1.54) is 5.56 Å². The number of carbonyl (C=O) groups excluding carboxylic acids is 1. The molecule has 3 heteroatoms. The van der Waals surface area contributed by atoms with Crippen molar-refractivity contribution in [3.8, 4) is 0 Å². The van der Waals surface area contributed by atoms with E-state index in [0.29, 0.717) is 5.92 Å². The molecule has 0 spiro atoms. The highest BCUT2D eigenvalue weighted by Gasteiger charge is 2.27. The molecule has 1 aromatic rings. The zero-order valence-electron chi connectivity index (χ0n) is 11.9. The van der Waals surface area contributed by atoms with Crippen LogP contribution in [0, 0.1) is 0 Å². The van der Waals surface area contributed by atoms with Crippen molar-refractivity contribution in [1.29, 1.82) is 0 Å². The highest BCUT2D eigenvalue weighted by atomic mass is 16.2. The maximum absolute atomic E-state index is 11.8. The summed E-state index contributed by atoms with van der Waals surface area (Å²) < 4.78 is 0. The monoisotopic (exact) mass is 260 g/mol. The molecular formula is C16H24N2O. The van der Waals surface area contributed by atoms with Crippen molar-refractivity contribution < 1.29 is 4.79 Å². The van der Waals surface area contributed by atoms with E-state index >= 15 is 0 Å². The Morgan fingerprint density at radius 2 is 1.74 bits per heavy atom. The minimum Gasteiger partial charge on any atom is -0.352 e. The summed E-state index contributed by atoms with van der Waals surface area (Å²) in [6.45, 7) is 3.50. The second-order valence-corrected chi connectivity index (χ2v) is 6.15. The molecule has 3 nitrogen and oxygen atoms in total. The fourth-order valence-corrected chi connectivity index (χ4v) is 2.67. The van der Waals surface area contributed by atoms with Gasteiger partial charge in [0.25, 0.3) is 0 Å². The van der Waals surface area contributed by atoms with Gasteiger partial charge in [0, 0.05) is 6.04 Å². The summed E-state index contributed by atoms with van der Waals surface area (Å²) in [5, 5.41) is 3.07. The molecule has 1 aliphatic rings.